The van der Waals surface area contributed by atoms with Gasteiger partial charge in [-0.3, -0.25) is 19.4 Å². The SMILES string of the molecule is CN=C[C@@H]1C(=O)CC(C)(C)[C@@H](C(=O)OC)C1=O. The van der Waals surface area contributed by atoms with Crippen molar-refractivity contribution >= 4 is 23.8 Å². The van der Waals surface area contributed by atoms with Gasteiger partial charge in [-0.05, 0) is 5.41 Å². The third-order valence-corrected chi connectivity index (χ3v) is 3.08. The average molecular weight is 239 g/mol. The first-order chi connectivity index (χ1) is 7.85. The van der Waals surface area contributed by atoms with E-state index in [9.17, 15) is 14.4 Å². The Morgan fingerprint density at radius 2 is 2.06 bits per heavy atom. The van der Waals surface area contributed by atoms with Gasteiger partial charge < -0.3 is 4.74 Å². The van der Waals surface area contributed by atoms with Crippen molar-refractivity contribution < 1.29 is 19.1 Å². The Bertz CT molecular complexity index is 384. The summed E-state index contributed by atoms with van der Waals surface area (Å²) in [6, 6.07) is 0. The number of ether oxygens (including phenoxy) is 1. The number of rotatable bonds is 2. The van der Waals surface area contributed by atoms with Crippen molar-refractivity contribution in [3.05, 3.63) is 0 Å². The number of esters is 1. The molecule has 94 valence electrons. The summed E-state index contributed by atoms with van der Waals surface area (Å²) in [6.45, 7) is 3.45. The van der Waals surface area contributed by atoms with Gasteiger partial charge in [0.15, 0.2) is 5.78 Å². The minimum Gasteiger partial charge on any atom is -0.468 e. The van der Waals surface area contributed by atoms with Crippen LogP contribution in [0.25, 0.3) is 0 Å². The molecule has 1 fully saturated rings. The van der Waals surface area contributed by atoms with Gasteiger partial charge in [0.1, 0.15) is 17.6 Å². The molecule has 0 N–H and O–H groups in total. The summed E-state index contributed by atoms with van der Waals surface area (Å²) < 4.78 is 4.64. The van der Waals surface area contributed by atoms with Gasteiger partial charge in [-0.15, -0.1) is 0 Å². The number of ketones is 2. The van der Waals surface area contributed by atoms with Crippen LogP contribution in [0.3, 0.4) is 0 Å². The van der Waals surface area contributed by atoms with E-state index in [1.54, 1.807) is 13.8 Å². The van der Waals surface area contributed by atoms with Crippen LogP contribution in [0.4, 0.5) is 0 Å². The quantitative estimate of drug-likeness (QED) is 0.403. The molecule has 5 heteroatoms. The highest BCUT2D eigenvalue weighted by Gasteiger charge is 2.51. The van der Waals surface area contributed by atoms with Gasteiger partial charge in [0.2, 0.25) is 0 Å². The monoisotopic (exact) mass is 239 g/mol. The summed E-state index contributed by atoms with van der Waals surface area (Å²) >= 11 is 0. The van der Waals surface area contributed by atoms with Gasteiger partial charge in [-0.1, -0.05) is 13.8 Å². The number of hydrogen-bond donors (Lipinski definition) is 0. The summed E-state index contributed by atoms with van der Waals surface area (Å²) in [4.78, 5) is 39.3. The molecule has 5 nitrogen and oxygen atoms in total. The smallest absolute Gasteiger partial charge is 0.316 e. The average Bonchev–Trinajstić information content (AvgIpc) is 2.22. The predicted molar refractivity (Wildman–Crippen MR) is 61.8 cm³/mol. The van der Waals surface area contributed by atoms with E-state index in [0.29, 0.717) is 0 Å². The Morgan fingerprint density at radius 3 is 2.53 bits per heavy atom. The molecule has 17 heavy (non-hydrogen) atoms. The molecule has 0 amide bonds. The summed E-state index contributed by atoms with van der Waals surface area (Å²) in [5, 5.41) is 0. The van der Waals surface area contributed by atoms with Crippen LogP contribution in [-0.4, -0.2) is 37.9 Å². The van der Waals surface area contributed by atoms with E-state index in [2.05, 4.69) is 9.73 Å². The number of aliphatic imine (C=N–C) groups is 1. The topological polar surface area (TPSA) is 72.8 Å². The van der Waals surface area contributed by atoms with Crippen LogP contribution in [0.2, 0.25) is 0 Å². The van der Waals surface area contributed by atoms with Crippen LogP contribution in [-0.2, 0) is 19.1 Å². The van der Waals surface area contributed by atoms with Gasteiger partial charge in [0.05, 0.1) is 7.11 Å². The lowest BCUT2D eigenvalue weighted by atomic mass is 9.64. The van der Waals surface area contributed by atoms with E-state index in [1.807, 2.05) is 0 Å². The van der Waals surface area contributed by atoms with Crippen molar-refractivity contribution in [2.75, 3.05) is 14.2 Å². The molecule has 2 atom stereocenters. The van der Waals surface area contributed by atoms with Crippen LogP contribution in [0, 0.1) is 17.3 Å². The maximum atomic E-state index is 12.1. The van der Waals surface area contributed by atoms with E-state index >= 15 is 0 Å². The van der Waals surface area contributed by atoms with Crippen molar-refractivity contribution in [2.24, 2.45) is 22.2 Å². The molecule has 0 aromatic heterocycles. The molecule has 0 unspecified atom stereocenters. The van der Waals surface area contributed by atoms with E-state index < -0.39 is 29.0 Å². The summed E-state index contributed by atoms with van der Waals surface area (Å²) in [6.07, 6.45) is 1.48. The first-order valence-electron chi connectivity index (χ1n) is 5.41. The Hall–Kier alpha value is -1.52. The molecule has 0 aliphatic heterocycles. The molecule has 0 aromatic carbocycles. The zero-order valence-electron chi connectivity index (χ0n) is 10.5. The first kappa shape index (κ1) is 13.5. The van der Waals surface area contributed by atoms with Gasteiger partial charge in [-0.25, -0.2) is 0 Å². The highest BCUT2D eigenvalue weighted by molar-refractivity contribution is 6.21. The summed E-state index contributed by atoms with van der Waals surface area (Å²) in [5.41, 5.74) is -0.695. The number of Topliss-reactive ketones (excluding diaryl/α,β-unsaturated/α-hetero) is 2. The Morgan fingerprint density at radius 1 is 1.47 bits per heavy atom. The van der Waals surface area contributed by atoms with E-state index in [4.69, 9.17) is 0 Å². The van der Waals surface area contributed by atoms with Crippen LogP contribution >= 0.6 is 0 Å². The number of carbonyl (C=O) groups is 3. The molecule has 0 aromatic rings. The van der Waals surface area contributed by atoms with Gasteiger partial charge in [0, 0.05) is 19.7 Å². The second-order valence-electron chi connectivity index (χ2n) is 4.88. The number of hydrogen-bond acceptors (Lipinski definition) is 5. The zero-order chi connectivity index (χ0) is 13.2. The highest BCUT2D eigenvalue weighted by atomic mass is 16.5. The largest absolute Gasteiger partial charge is 0.468 e. The molecular weight excluding hydrogens is 222 g/mol. The molecule has 1 saturated carbocycles. The third kappa shape index (κ3) is 2.43. The number of methoxy groups -OCH3 is 1. The molecule has 1 aliphatic carbocycles. The standard InChI is InChI=1S/C12H17NO4/c1-12(2)5-8(14)7(6-13-3)10(15)9(12)11(16)17-4/h6-7,9H,5H2,1-4H3/t7-,9-/m1/s1. The Balaban J connectivity index is 3.13. The van der Waals surface area contributed by atoms with Crippen molar-refractivity contribution in [2.45, 2.75) is 20.3 Å². The second kappa shape index (κ2) is 4.77. The fraction of sp³-hybridized carbons (Fsp3) is 0.667. The van der Waals surface area contributed by atoms with Crippen LogP contribution in [0.15, 0.2) is 4.99 Å². The van der Waals surface area contributed by atoms with E-state index in [1.165, 1.54) is 20.4 Å². The van der Waals surface area contributed by atoms with E-state index in [-0.39, 0.29) is 12.2 Å². The van der Waals surface area contributed by atoms with Crippen LogP contribution < -0.4 is 0 Å². The minimum absolute atomic E-state index is 0.176. The summed E-state index contributed by atoms with van der Waals surface area (Å²) in [7, 11) is 2.73. The molecule has 0 heterocycles. The fourth-order valence-electron chi connectivity index (χ4n) is 2.24. The molecule has 0 bridgehead atoms. The van der Waals surface area contributed by atoms with Crippen molar-refractivity contribution in [1.82, 2.24) is 0 Å². The molecule has 0 saturated heterocycles. The summed E-state index contributed by atoms with van der Waals surface area (Å²) in [5.74, 6) is -2.98. The number of nitrogens with zero attached hydrogens (tertiary/aromatic N) is 1. The maximum absolute atomic E-state index is 12.1. The lowest BCUT2D eigenvalue weighted by Gasteiger charge is -2.36. The predicted octanol–water partition coefficient (Wildman–Crippen LogP) is 0.660. The minimum atomic E-state index is -0.905. The lowest BCUT2D eigenvalue weighted by Crippen LogP contribution is -2.50. The third-order valence-electron chi connectivity index (χ3n) is 3.08. The lowest BCUT2D eigenvalue weighted by molar-refractivity contribution is -0.159. The van der Waals surface area contributed by atoms with Crippen molar-refractivity contribution in [3.8, 4) is 0 Å². The van der Waals surface area contributed by atoms with Crippen molar-refractivity contribution in [3.63, 3.8) is 0 Å². The van der Waals surface area contributed by atoms with Gasteiger partial charge in [-0.2, -0.15) is 0 Å². The molecular formula is C12H17NO4. The number of carbonyl (C=O) groups excluding carboxylic acids is 3. The van der Waals surface area contributed by atoms with Gasteiger partial charge in [0.25, 0.3) is 0 Å². The van der Waals surface area contributed by atoms with Crippen LogP contribution in [0.1, 0.15) is 20.3 Å². The highest BCUT2D eigenvalue weighted by Crippen LogP contribution is 2.39. The first-order valence-corrected chi connectivity index (χ1v) is 5.41. The van der Waals surface area contributed by atoms with Crippen molar-refractivity contribution in [1.29, 1.82) is 0 Å². The second-order valence-corrected chi connectivity index (χ2v) is 4.88. The van der Waals surface area contributed by atoms with Gasteiger partial charge >= 0.3 is 5.97 Å². The Labute approximate surface area is 100 Å². The Kier molecular flexibility index (Phi) is 3.80. The zero-order valence-corrected chi connectivity index (χ0v) is 10.5. The molecule has 1 rings (SSSR count). The molecule has 0 radical (unpaired) electrons. The molecule has 0 spiro atoms. The van der Waals surface area contributed by atoms with Crippen LogP contribution in [0.5, 0.6) is 0 Å². The molecule has 1 aliphatic rings. The van der Waals surface area contributed by atoms with E-state index in [0.717, 1.165) is 0 Å². The maximum Gasteiger partial charge on any atom is 0.316 e. The fourth-order valence-corrected chi connectivity index (χ4v) is 2.24. The normalized spacial score (nSPS) is 28.5.